The lowest BCUT2D eigenvalue weighted by Gasteiger charge is -2.23. The Labute approximate surface area is 541 Å². The van der Waals surface area contributed by atoms with Crippen molar-refractivity contribution in [3.8, 4) is 44.5 Å². The summed E-state index contributed by atoms with van der Waals surface area (Å²) < 4.78 is 26.9. The molecule has 0 spiro atoms. The second kappa shape index (κ2) is 21.1. The molecular weight excluding hydrogens is 1410 g/mol. The number of hydrogen-bond acceptors (Lipinski definition) is 6. The fourth-order valence-corrected chi connectivity index (χ4v) is 15.2. The molecule has 0 saturated heterocycles. The van der Waals surface area contributed by atoms with Crippen LogP contribution in [0.4, 0.5) is 34.1 Å². The van der Waals surface area contributed by atoms with E-state index in [1.165, 1.54) is 16.2 Å². The van der Waals surface area contributed by atoms with Gasteiger partial charge in [0.1, 0.15) is 16.7 Å². The highest BCUT2D eigenvalue weighted by atomic mass is 127. The van der Waals surface area contributed by atoms with Gasteiger partial charge in [0.2, 0.25) is 0 Å². The van der Waals surface area contributed by atoms with Crippen molar-refractivity contribution in [1.29, 1.82) is 0 Å². The number of hydrogen-bond donors (Lipinski definition) is 0. The molecule has 412 valence electrons. The lowest BCUT2D eigenvalue weighted by Crippen LogP contribution is -2.03. The van der Waals surface area contributed by atoms with Crippen LogP contribution in [0.2, 0.25) is 0 Å². The van der Waals surface area contributed by atoms with Crippen LogP contribution in [0.3, 0.4) is 0 Å². The van der Waals surface area contributed by atoms with Crippen molar-refractivity contribution in [3.05, 3.63) is 279 Å². The molecule has 0 saturated carbocycles. The smallest absolute Gasteiger partial charge is 0.159 e. The maximum absolute atomic E-state index is 6.96. The predicted octanol–water partition coefficient (Wildman–Crippen LogP) is 25.0. The van der Waals surface area contributed by atoms with Crippen LogP contribution < -0.4 is 9.34 Å². The van der Waals surface area contributed by atoms with Gasteiger partial charge in [-0.25, -0.2) is 0 Å². The summed E-state index contributed by atoms with van der Waals surface area (Å²) in [4.78, 5) is 0. The number of halogens is 3. The minimum absolute atomic E-state index is 0.833. The topological polar surface area (TPSA) is 49.1 Å². The third-order valence-electron chi connectivity index (χ3n) is 17.2. The van der Waals surface area contributed by atoms with Crippen LogP contribution >= 0.6 is 68.6 Å². The third kappa shape index (κ3) is 8.75. The van der Waals surface area contributed by atoms with E-state index < -0.39 is 0 Å². The predicted molar refractivity (Wildman–Crippen MR) is 390 cm³/mol. The number of para-hydroxylation sites is 5. The van der Waals surface area contributed by atoms with Crippen molar-refractivity contribution in [2.45, 2.75) is 0 Å². The Hall–Kier alpha value is -9.15. The molecule has 3 heterocycles. The van der Waals surface area contributed by atoms with Crippen LogP contribution in [0.1, 0.15) is 0 Å². The van der Waals surface area contributed by atoms with Gasteiger partial charge >= 0.3 is 0 Å². The summed E-state index contributed by atoms with van der Waals surface area (Å²) in [6, 6.07) is 100. The number of rotatable bonds is 10. The quantitative estimate of drug-likeness (QED) is 0.0773. The maximum Gasteiger partial charge on any atom is 0.159 e. The summed E-state index contributed by atoms with van der Waals surface area (Å²) in [7, 11) is 0. The molecule has 14 aromatic carbocycles. The van der Waals surface area contributed by atoms with E-state index in [1.54, 1.807) is 0 Å². The average Bonchev–Trinajstić information content (AvgIpc) is 2.00. The monoisotopic (exact) mass is 1450 g/mol. The number of fused-ring (bicyclic) bond motifs is 13. The molecule has 0 amide bonds. The molecule has 0 atom stereocenters. The number of nitrogens with zero attached hydrogens (tertiary/aromatic N) is 3. The molecule has 6 nitrogen and oxygen atoms in total. The van der Waals surface area contributed by atoms with Crippen LogP contribution in [0.5, 0.6) is 0 Å². The van der Waals surface area contributed by atoms with Crippen molar-refractivity contribution in [1.82, 2.24) is 0 Å². The van der Waals surface area contributed by atoms with Crippen LogP contribution in [0.15, 0.2) is 292 Å². The minimum atomic E-state index is 0.833. The zero-order valence-corrected chi connectivity index (χ0v) is 52.7. The Morgan fingerprint density at radius 3 is 1.41 bits per heavy atom. The van der Waals surface area contributed by atoms with Crippen molar-refractivity contribution in [2.24, 2.45) is 0 Å². The van der Waals surface area contributed by atoms with E-state index in [0.29, 0.717) is 0 Å². The lowest BCUT2D eigenvalue weighted by atomic mass is 9.88. The van der Waals surface area contributed by atoms with E-state index in [-0.39, 0.29) is 0 Å². The summed E-state index contributed by atoms with van der Waals surface area (Å²) in [5, 5.41) is 13.6. The van der Waals surface area contributed by atoms with E-state index >= 15 is 0 Å². The molecule has 0 fully saturated rings. The highest BCUT2D eigenvalue weighted by molar-refractivity contribution is 14.1. The van der Waals surface area contributed by atoms with Gasteiger partial charge in [-0.3, -0.25) is 9.34 Å². The Morgan fingerprint density at radius 2 is 0.713 bits per heavy atom. The second-order valence-corrected chi connectivity index (χ2v) is 25.0. The van der Waals surface area contributed by atoms with Gasteiger partial charge in [-0.05, 0) is 151 Å². The largest absolute Gasteiger partial charge is 0.454 e. The second-order valence-electron chi connectivity index (χ2n) is 22.1. The summed E-state index contributed by atoms with van der Waals surface area (Å²) in [6.07, 6.45) is 0. The third-order valence-corrected chi connectivity index (χ3v) is 20.3. The molecule has 0 aliphatic heterocycles. The molecular formula is C78H46I3N3O3. The van der Waals surface area contributed by atoms with Crippen molar-refractivity contribution in [2.75, 3.05) is 9.34 Å². The lowest BCUT2D eigenvalue weighted by molar-refractivity contribution is 0.669. The Morgan fingerprint density at radius 1 is 0.218 bits per heavy atom. The normalized spacial score (nSPS) is 11.9. The van der Waals surface area contributed by atoms with Gasteiger partial charge in [-0.1, -0.05) is 194 Å². The Bertz CT molecular complexity index is 5630. The first kappa shape index (κ1) is 52.2. The molecule has 87 heavy (non-hydrogen) atoms. The first-order chi connectivity index (χ1) is 42.9. The van der Waals surface area contributed by atoms with E-state index in [2.05, 4.69) is 333 Å². The van der Waals surface area contributed by atoms with Crippen LogP contribution in [0.25, 0.3) is 143 Å². The highest BCUT2D eigenvalue weighted by Gasteiger charge is 2.24. The molecule has 0 aliphatic rings. The summed E-state index contributed by atoms with van der Waals surface area (Å²) >= 11 is 7.34. The standard InChI is InChI=1S/C78H46I3N3O3/c79-82(55-36-31-47-15-4-5-18-49(47)41-55)69-26-12-25-64-61-39-33-51(46-75(61)87-76(64)69)50-32-37-57(53-35-40-68(66(43-53)48-16-2-1-3-17-48)83(80)70-27-13-23-62-59-21-8-10-29-73(59)85-77(62)70)65(42-50)54-34-38-58-67(44-54)56-20-7-6-19-52(56)45-72(58)84(81)71-28-14-24-63-60-22-9-11-30-74(60)86-78(63)71/h1-46H. The van der Waals surface area contributed by atoms with Gasteiger partial charge in [0, 0.05) is 43.3 Å². The molecule has 0 aliphatic carbocycles. The van der Waals surface area contributed by atoms with Gasteiger partial charge in [0.25, 0.3) is 0 Å². The average molecular weight is 1450 g/mol. The number of anilines is 6. The van der Waals surface area contributed by atoms with Gasteiger partial charge < -0.3 is 13.3 Å². The van der Waals surface area contributed by atoms with Crippen LogP contribution in [-0.2, 0) is 0 Å². The maximum atomic E-state index is 6.96. The molecule has 0 radical (unpaired) electrons. The van der Waals surface area contributed by atoms with E-state index in [4.69, 9.17) is 13.3 Å². The summed E-state index contributed by atoms with van der Waals surface area (Å²) in [5.74, 6) is 0. The summed E-state index contributed by atoms with van der Waals surface area (Å²) in [5.41, 5.74) is 20.1. The minimum Gasteiger partial charge on any atom is -0.454 e. The van der Waals surface area contributed by atoms with Gasteiger partial charge in [-0.15, -0.1) is 0 Å². The molecule has 17 rings (SSSR count). The number of furan rings is 3. The summed E-state index contributed by atoms with van der Waals surface area (Å²) in [6.45, 7) is 0. The Kier molecular flexibility index (Phi) is 12.6. The van der Waals surface area contributed by atoms with E-state index in [0.717, 1.165) is 161 Å². The Balaban J connectivity index is 0.838. The zero-order chi connectivity index (χ0) is 57.9. The number of benzene rings is 14. The first-order valence-corrected chi connectivity index (χ1v) is 31.7. The van der Waals surface area contributed by atoms with E-state index in [9.17, 15) is 0 Å². The fourth-order valence-electron chi connectivity index (χ4n) is 12.9. The molecule has 3 aromatic heterocycles. The first-order valence-electron chi connectivity index (χ1n) is 28.8. The van der Waals surface area contributed by atoms with Crippen LogP contribution in [-0.4, -0.2) is 0 Å². The molecule has 9 heteroatoms. The van der Waals surface area contributed by atoms with Gasteiger partial charge in [-0.2, -0.15) is 0 Å². The van der Waals surface area contributed by atoms with Crippen molar-refractivity contribution in [3.63, 3.8) is 0 Å². The SMILES string of the molecule is IN(c1ccc2ccccc2c1)c1cccc2c1oc1cc(-c3ccc(-c4ccc(N(I)c5cccc6c5oc5ccccc56)c(-c5ccccc5)c4)c(-c4ccc5c(N(I)c6cccc7c6oc6ccccc67)cc6ccccc6c5c4)c3)ccc12. The van der Waals surface area contributed by atoms with Gasteiger partial charge in [0.15, 0.2) is 16.7 Å². The van der Waals surface area contributed by atoms with Crippen molar-refractivity contribution < 1.29 is 13.3 Å². The van der Waals surface area contributed by atoms with Crippen molar-refractivity contribution >= 4 is 201 Å². The molecule has 0 unspecified atom stereocenters. The molecule has 0 bridgehead atoms. The molecule has 17 aromatic rings. The molecule has 0 N–H and O–H groups in total. The van der Waals surface area contributed by atoms with Gasteiger partial charge in [0.05, 0.1) is 103 Å². The van der Waals surface area contributed by atoms with Crippen LogP contribution in [0, 0.1) is 0 Å². The zero-order valence-electron chi connectivity index (χ0n) is 46.3. The highest BCUT2D eigenvalue weighted by Crippen LogP contribution is 2.49. The van der Waals surface area contributed by atoms with E-state index in [1.807, 2.05) is 24.3 Å². The fraction of sp³-hybridized carbons (Fsp3) is 0.